The molecule has 4 aromatic rings. The Labute approximate surface area is 292 Å². The van der Waals surface area contributed by atoms with E-state index in [0.717, 1.165) is 33.6 Å². The molecular formula is C41H41N3O6. The Kier molecular flexibility index (Phi) is 9.03. The van der Waals surface area contributed by atoms with Gasteiger partial charge in [-0.3, -0.25) is 19.3 Å². The van der Waals surface area contributed by atoms with E-state index >= 15 is 0 Å². The highest BCUT2D eigenvalue weighted by Crippen LogP contribution is 2.47. The number of hydrogen-bond acceptors (Lipinski definition) is 6. The van der Waals surface area contributed by atoms with Gasteiger partial charge in [-0.1, -0.05) is 73.7 Å². The lowest BCUT2D eigenvalue weighted by molar-refractivity contribution is -0.139. The summed E-state index contributed by atoms with van der Waals surface area (Å²) >= 11 is 0. The van der Waals surface area contributed by atoms with Crippen molar-refractivity contribution >= 4 is 34.8 Å². The van der Waals surface area contributed by atoms with Gasteiger partial charge in [0, 0.05) is 36.6 Å². The van der Waals surface area contributed by atoms with Crippen molar-refractivity contribution in [2.45, 2.75) is 57.3 Å². The van der Waals surface area contributed by atoms with E-state index in [0.29, 0.717) is 42.8 Å². The minimum atomic E-state index is -1.92. The number of aryl methyl sites for hydroxylation is 1. The van der Waals surface area contributed by atoms with Crippen LogP contribution in [0.25, 0.3) is 0 Å². The number of nitrogens with zero attached hydrogens (tertiary/aromatic N) is 3. The molecular weight excluding hydrogens is 630 g/mol. The fourth-order valence-corrected chi connectivity index (χ4v) is 7.57. The molecule has 256 valence electrons. The minimum Gasteiger partial charge on any atom is -0.497 e. The van der Waals surface area contributed by atoms with Crippen LogP contribution in [0.1, 0.15) is 47.6 Å². The van der Waals surface area contributed by atoms with E-state index in [1.807, 2.05) is 72.8 Å². The Balaban J connectivity index is 1.12. The van der Waals surface area contributed by atoms with Crippen LogP contribution in [0, 0.1) is 5.92 Å². The van der Waals surface area contributed by atoms with Crippen LogP contribution in [0.2, 0.25) is 0 Å². The number of carbonyl (C=O) groups excluding carboxylic acids is 3. The Morgan fingerprint density at radius 1 is 0.940 bits per heavy atom. The molecule has 3 aliphatic heterocycles. The molecule has 50 heavy (non-hydrogen) atoms. The molecule has 3 amide bonds. The maximum absolute atomic E-state index is 14.3. The molecule has 0 aromatic heterocycles. The second-order valence-corrected chi connectivity index (χ2v) is 13.3. The van der Waals surface area contributed by atoms with Crippen LogP contribution >= 0.6 is 0 Å². The standard InChI is InChI=1S/C41H41N3O6/c1-27(9-7-16-38(46)42-25-31-13-4-3-12-30(31)22-33(42)26-45)41(49)35-23-34(50-2)18-19-37(35)43(40(41)48)24-28-10-8-14-32(21-28)44-36-15-6-5-11-29(36)17-20-39(44)47/h3-15,18-19,21,23,27,33,45,49H,16-17,20,22,24-26H2,1-2H3/b9-7+/t27-,33-,41+/m0/s1. The quantitative estimate of drug-likeness (QED) is 0.225. The zero-order chi connectivity index (χ0) is 35.0. The number of para-hydroxylation sites is 1. The van der Waals surface area contributed by atoms with Gasteiger partial charge in [0.05, 0.1) is 37.7 Å². The summed E-state index contributed by atoms with van der Waals surface area (Å²) in [7, 11) is 1.54. The van der Waals surface area contributed by atoms with Crippen molar-refractivity contribution in [1.82, 2.24) is 4.90 Å². The van der Waals surface area contributed by atoms with E-state index < -0.39 is 17.4 Å². The second kappa shape index (κ2) is 13.6. The van der Waals surface area contributed by atoms with Gasteiger partial charge < -0.3 is 24.7 Å². The van der Waals surface area contributed by atoms with Crippen molar-refractivity contribution in [3.05, 3.63) is 131 Å². The second-order valence-electron chi connectivity index (χ2n) is 13.3. The molecule has 2 N–H and O–H groups in total. The number of aliphatic hydroxyl groups excluding tert-OH is 1. The van der Waals surface area contributed by atoms with Crippen LogP contribution in [0.3, 0.4) is 0 Å². The number of fused-ring (bicyclic) bond motifs is 3. The highest BCUT2D eigenvalue weighted by molar-refractivity contribution is 6.07. The van der Waals surface area contributed by atoms with Crippen LogP contribution in [0.5, 0.6) is 5.75 Å². The molecule has 7 rings (SSSR count). The van der Waals surface area contributed by atoms with Gasteiger partial charge in [0.2, 0.25) is 11.8 Å². The molecule has 0 unspecified atom stereocenters. The summed E-state index contributed by atoms with van der Waals surface area (Å²) in [5.41, 5.74) is 4.77. The van der Waals surface area contributed by atoms with Crippen molar-refractivity contribution in [1.29, 1.82) is 0 Å². The van der Waals surface area contributed by atoms with Crippen molar-refractivity contribution in [3.63, 3.8) is 0 Å². The number of rotatable bonds is 9. The van der Waals surface area contributed by atoms with E-state index in [1.165, 1.54) is 7.11 Å². The summed E-state index contributed by atoms with van der Waals surface area (Å²) in [6, 6.07) is 28.4. The molecule has 0 fully saturated rings. The first-order valence-electron chi connectivity index (χ1n) is 17.1. The van der Waals surface area contributed by atoms with Crippen LogP contribution in [-0.4, -0.2) is 52.6 Å². The van der Waals surface area contributed by atoms with Gasteiger partial charge in [0.15, 0.2) is 5.60 Å². The average molecular weight is 672 g/mol. The molecule has 4 aromatic carbocycles. The summed E-state index contributed by atoms with van der Waals surface area (Å²) in [5.74, 6) is -0.788. The topological polar surface area (TPSA) is 111 Å². The molecule has 0 bridgehead atoms. The molecule has 0 saturated heterocycles. The van der Waals surface area contributed by atoms with E-state index in [-0.39, 0.29) is 37.4 Å². The Hall–Kier alpha value is -5.25. The van der Waals surface area contributed by atoms with Gasteiger partial charge in [-0.15, -0.1) is 0 Å². The number of anilines is 3. The first-order valence-corrected chi connectivity index (χ1v) is 17.1. The predicted molar refractivity (Wildman–Crippen MR) is 191 cm³/mol. The number of benzene rings is 4. The van der Waals surface area contributed by atoms with E-state index in [2.05, 4.69) is 0 Å². The zero-order valence-electron chi connectivity index (χ0n) is 28.3. The van der Waals surface area contributed by atoms with Gasteiger partial charge in [0.25, 0.3) is 5.91 Å². The third kappa shape index (κ3) is 5.86. The smallest absolute Gasteiger partial charge is 0.264 e. The molecule has 0 saturated carbocycles. The maximum Gasteiger partial charge on any atom is 0.264 e. The van der Waals surface area contributed by atoms with Gasteiger partial charge in [-0.05, 0) is 71.5 Å². The molecule has 3 aliphatic rings. The van der Waals surface area contributed by atoms with E-state index in [9.17, 15) is 24.6 Å². The zero-order valence-corrected chi connectivity index (χ0v) is 28.3. The lowest BCUT2D eigenvalue weighted by atomic mass is 9.82. The first kappa shape index (κ1) is 33.3. The predicted octanol–water partition coefficient (Wildman–Crippen LogP) is 5.57. The number of amides is 3. The highest BCUT2D eigenvalue weighted by Gasteiger charge is 2.52. The molecule has 9 nitrogen and oxygen atoms in total. The van der Waals surface area contributed by atoms with Crippen molar-refractivity contribution in [2.24, 2.45) is 5.92 Å². The Morgan fingerprint density at radius 2 is 1.70 bits per heavy atom. The number of carbonyl (C=O) groups is 3. The molecule has 9 heteroatoms. The fraction of sp³-hybridized carbons (Fsp3) is 0.293. The van der Waals surface area contributed by atoms with Crippen LogP contribution < -0.4 is 14.5 Å². The molecule has 0 spiro atoms. The molecule has 0 radical (unpaired) electrons. The molecule has 3 heterocycles. The van der Waals surface area contributed by atoms with Crippen molar-refractivity contribution < 1.29 is 29.3 Å². The van der Waals surface area contributed by atoms with Crippen molar-refractivity contribution in [2.75, 3.05) is 23.5 Å². The largest absolute Gasteiger partial charge is 0.497 e. The lowest BCUT2D eigenvalue weighted by Gasteiger charge is -2.36. The molecule has 0 aliphatic carbocycles. The van der Waals surface area contributed by atoms with Crippen LogP contribution in [0.4, 0.5) is 17.1 Å². The normalized spacial score (nSPS) is 20.5. The number of methoxy groups -OCH3 is 1. The summed E-state index contributed by atoms with van der Waals surface area (Å²) < 4.78 is 5.48. The maximum atomic E-state index is 14.3. The van der Waals surface area contributed by atoms with Gasteiger partial charge in [-0.2, -0.15) is 0 Å². The summed E-state index contributed by atoms with van der Waals surface area (Å²) in [6.45, 7) is 2.23. The van der Waals surface area contributed by atoms with Crippen molar-refractivity contribution in [3.8, 4) is 5.75 Å². The third-order valence-corrected chi connectivity index (χ3v) is 10.3. The fourth-order valence-electron chi connectivity index (χ4n) is 7.57. The van der Waals surface area contributed by atoms with Crippen LogP contribution in [-0.2, 0) is 45.9 Å². The number of aliphatic hydroxyl groups is 2. The number of ether oxygens (including phenoxy) is 1. The summed E-state index contributed by atoms with van der Waals surface area (Å²) in [6.07, 6.45) is 5.18. The van der Waals surface area contributed by atoms with Gasteiger partial charge >= 0.3 is 0 Å². The highest BCUT2D eigenvalue weighted by atomic mass is 16.5. The summed E-state index contributed by atoms with van der Waals surface area (Å²) in [4.78, 5) is 45.8. The molecule has 3 atom stereocenters. The average Bonchev–Trinajstić information content (AvgIpc) is 3.35. The lowest BCUT2D eigenvalue weighted by Crippen LogP contribution is -2.46. The van der Waals surface area contributed by atoms with Gasteiger partial charge in [-0.25, -0.2) is 0 Å². The van der Waals surface area contributed by atoms with Crippen LogP contribution in [0.15, 0.2) is 103 Å². The monoisotopic (exact) mass is 671 g/mol. The van der Waals surface area contributed by atoms with Gasteiger partial charge in [0.1, 0.15) is 5.75 Å². The SMILES string of the molecule is COc1ccc2c(c1)[C@](O)([C@@H](C)/C=C/CC(=O)N1Cc3ccccc3C[C@H]1CO)C(=O)N2Cc1cccc(N2C(=O)CCc3ccccc32)c1. The Morgan fingerprint density at radius 3 is 2.48 bits per heavy atom. The number of hydrogen-bond donors (Lipinski definition) is 2. The first-order chi connectivity index (χ1) is 24.2. The Bertz CT molecular complexity index is 1990. The third-order valence-electron chi connectivity index (χ3n) is 10.3. The summed E-state index contributed by atoms with van der Waals surface area (Å²) in [5, 5.41) is 22.3. The van der Waals surface area contributed by atoms with E-state index in [4.69, 9.17) is 4.74 Å². The minimum absolute atomic E-state index is 0.0148. The van der Waals surface area contributed by atoms with E-state index in [1.54, 1.807) is 52.0 Å².